The number of nitrogens with one attached hydrogen (secondary N) is 1. The van der Waals surface area contributed by atoms with Gasteiger partial charge in [-0.2, -0.15) is 0 Å². The van der Waals surface area contributed by atoms with E-state index in [0.29, 0.717) is 12.2 Å². The molecule has 0 aliphatic carbocycles. The van der Waals surface area contributed by atoms with Crippen LogP contribution in [0.3, 0.4) is 0 Å². The number of nitrogens with zero attached hydrogens (tertiary/aromatic N) is 3. The van der Waals surface area contributed by atoms with Gasteiger partial charge in [-0.3, -0.25) is 4.79 Å². The van der Waals surface area contributed by atoms with Crippen LogP contribution in [-0.2, 0) is 0 Å². The van der Waals surface area contributed by atoms with Gasteiger partial charge in [0.25, 0.3) is 5.91 Å². The number of amides is 1. The highest BCUT2D eigenvalue weighted by molar-refractivity contribution is 9.10. The number of hydrogen-bond acceptors (Lipinski definition) is 3. The van der Waals surface area contributed by atoms with E-state index in [1.165, 1.54) is 0 Å². The first kappa shape index (κ1) is 15.7. The summed E-state index contributed by atoms with van der Waals surface area (Å²) in [5.74, 6) is -0.166. The van der Waals surface area contributed by atoms with Crippen LogP contribution in [0.5, 0.6) is 0 Å². The molecule has 1 heterocycles. The maximum Gasteiger partial charge on any atom is 0.273 e. The maximum atomic E-state index is 12.1. The number of unbranched alkanes of at least 4 members (excludes halogenated alkanes) is 1. The zero-order valence-corrected chi connectivity index (χ0v) is 14.1. The summed E-state index contributed by atoms with van der Waals surface area (Å²) < 4.78 is 2.73. The van der Waals surface area contributed by atoms with Gasteiger partial charge < -0.3 is 5.32 Å². The molecule has 0 spiro atoms. The van der Waals surface area contributed by atoms with Crippen molar-refractivity contribution in [3.63, 3.8) is 0 Å². The van der Waals surface area contributed by atoms with Crippen LogP contribution >= 0.6 is 15.9 Å². The first-order valence-corrected chi connectivity index (χ1v) is 7.81. The van der Waals surface area contributed by atoms with Gasteiger partial charge in [0.1, 0.15) is 0 Å². The van der Waals surface area contributed by atoms with Crippen LogP contribution in [0.25, 0.3) is 5.69 Å². The third-order valence-electron chi connectivity index (χ3n) is 3.31. The van der Waals surface area contributed by atoms with Crippen molar-refractivity contribution >= 4 is 21.8 Å². The molecule has 0 bridgehead atoms. The van der Waals surface area contributed by atoms with Gasteiger partial charge in [-0.05, 0) is 44.0 Å². The molecule has 2 rings (SSSR count). The molecule has 5 nitrogen and oxygen atoms in total. The summed E-state index contributed by atoms with van der Waals surface area (Å²) in [6, 6.07) is 5.91. The lowest BCUT2D eigenvalue weighted by molar-refractivity contribution is 0.0947. The molecule has 1 aromatic carbocycles. The number of carbonyl (C=O) groups excluding carboxylic acids is 1. The predicted molar refractivity (Wildman–Crippen MR) is 85.8 cm³/mol. The standard InChI is InChI=1S/C15H19BrN4O/c1-4-5-8-17-15(21)14-11(3)20(19-18-14)12-6-7-13(16)10(2)9-12/h6-7,9H,4-5,8H2,1-3H3,(H,17,21). The molecule has 0 atom stereocenters. The van der Waals surface area contributed by atoms with Gasteiger partial charge in [-0.25, -0.2) is 4.68 Å². The van der Waals surface area contributed by atoms with Crippen LogP contribution in [0.2, 0.25) is 0 Å². The van der Waals surface area contributed by atoms with E-state index in [4.69, 9.17) is 0 Å². The van der Waals surface area contributed by atoms with Gasteiger partial charge in [0.05, 0.1) is 11.4 Å². The average Bonchev–Trinajstić information content (AvgIpc) is 2.84. The van der Waals surface area contributed by atoms with Crippen molar-refractivity contribution in [3.8, 4) is 5.69 Å². The molecule has 0 radical (unpaired) electrons. The third kappa shape index (κ3) is 3.50. The van der Waals surface area contributed by atoms with Crippen molar-refractivity contribution in [2.24, 2.45) is 0 Å². The molecule has 0 saturated carbocycles. The van der Waals surface area contributed by atoms with E-state index in [1.54, 1.807) is 4.68 Å². The van der Waals surface area contributed by atoms with Crippen molar-refractivity contribution in [1.29, 1.82) is 0 Å². The Labute approximate surface area is 132 Å². The number of hydrogen-bond donors (Lipinski definition) is 1. The smallest absolute Gasteiger partial charge is 0.273 e. The van der Waals surface area contributed by atoms with E-state index in [-0.39, 0.29) is 5.91 Å². The van der Waals surface area contributed by atoms with Crippen molar-refractivity contribution < 1.29 is 4.79 Å². The second-order valence-corrected chi connectivity index (χ2v) is 5.83. The van der Waals surface area contributed by atoms with Gasteiger partial charge in [0, 0.05) is 11.0 Å². The average molecular weight is 351 g/mol. The topological polar surface area (TPSA) is 59.8 Å². The monoisotopic (exact) mass is 350 g/mol. The second-order valence-electron chi connectivity index (χ2n) is 4.98. The van der Waals surface area contributed by atoms with Gasteiger partial charge in [-0.1, -0.05) is 34.5 Å². The number of aromatic nitrogens is 3. The van der Waals surface area contributed by atoms with Crippen molar-refractivity contribution in [2.75, 3.05) is 6.54 Å². The fraction of sp³-hybridized carbons (Fsp3) is 0.400. The quantitative estimate of drug-likeness (QED) is 0.842. The molecule has 0 aliphatic heterocycles. The molecule has 0 aliphatic rings. The molecule has 21 heavy (non-hydrogen) atoms. The lowest BCUT2D eigenvalue weighted by Crippen LogP contribution is -2.25. The maximum absolute atomic E-state index is 12.1. The van der Waals surface area contributed by atoms with Crippen LogP contribution in [0.15, 0.2) is 22.7 Å². The summed E-state index contributed by atoms with van der Waals surface area (Å²) in [4.78, 5) is 12.1. The van der Waals surface area contributed by atoms with Gasteiger partial charge >= 0.3 is 0 Å². The molecule has 0 fully saturated rings. The Kier molecular flexibility index (Phi) is 5.12. The molecule has 1 aromatic heterocycles. The Hall–Kier alpha value is -1.69. The van der Waals surface area contributed by atoms with Crippen LogP contribution < -0.4 is 5.32 Å². The lowest BCUT2D eigenvalue weighted by Gasteiger charge is -2.06. The number of carbonyl (C=O) groups is 1. The summed E-state index contributed by atoms with van der Waals surface area (Å²) >= 11 is 3.47. The highest BCUT2D eigenvalue weighted by atomic mass is 79.9. The largest absolute Gasteiger partial charge is 0.351 e. The molecular formula is C15H19BrN4O. The molecule has 0 unspecified atom stereocenters. The third-order valence-corrected chi connectivity index (χ3v) is 4.20. The van der Waals surface area contributed by atoms with E-state index in [2.05, 4.69) is 38.5 Å². The Morgan fingerprint density at radius 3 is 2.81 bits per heavy atom. The fourth-order valence-electron chi connectivity index (χ4n) is 2.01. The van der Waals surface area contributed by atoms with Crippen molar-refractivity contribution in [2.45, 2.75) is 33.6 Å². The molecule has 6 heteroatoms. The summed E-state index contributed by atoms with van der Waals surface area (Å²) in [5, 5.41) is 11.0. The first-order valence-electron chi connectivity index (χ1n) is 7.01. The number of aryl methyl sites for hydroxylation is 1. The zero-order chi connectivity index (χ0) is 15.4. The number of benzene rings is 1. The molecule has 1 N–H and O–H groups in total. The molecular weight excluding hydrogens is 332 g/mol. The van der Waals surface area contributed by atoms with Gasteiger partial charge in [0.15, 0.2) is 5.69 Å². The minimum Gasteiger partial charge on any atom is -0.351 e. The van der Waals surface area contributed by atoms with Gasteiger partial charge in [-0.15, -0.1) is 5.10 Å². The van der Waals surface area contributed by atoms with Crippen LogP contribution in [-0.4, -0.2) is 27.4 Å². The lowest BCUT2D eigenvalue weighted by atomic mass is 10.2. The summed E-state index contributed by atoms with van der Waals surface area (Å²) in [7, 11) is 0. The number of rotatable bonds is 5. The summed E-state index contributed by atoms with van der Waals surface area (Å²) in [5.41, 5.74) is 3.13. The highest BCUT2D eigenvalue weighted by Crippen LogP contribution is 2.20. The molecule has 112 valence electrons. The van der Waals surface area contributed by atoms with Crippen molar-refractivity contribution in [3.05, 3.63) is 39.6 Å². The Bertz CT molecular complexity index is 651. The van der Waals surface area contributed by atoms with E-state index in [0.717, 1.165) is 34.3 Å². The van der Waals surface area contributed by atoms with E-state index >= 15 is 0 Å². The molecule has 1 amide bonds. The minimum absolute atomic E-state index is 0.166. The fourth-order valence-corrected chi connectivity index (χ4v) is 2.25. The molecule has 0 saturated heterocycles. The minimum atomic E-state index is -0.166. The van der Waals surface area contributed by atoms with Crippen molar-refractivity contribution in [1.82, 2.24) is 20.3 Å². The summed E-state index contributed by atoms with van der Waals surface area (Å²) in [6.45, 7) is 6.62. The van der Waals surface area contributed by atoms with E-state index < -0.39 is 0 Å². The zero-order valence-electron chi connectivity index (χ0n) is 12.5. The number of halogens is 1. The van der Waals surface area contributed by atoms with Crippen LogP contribution in [0.4, 0.5) is 0 Å². The Balaban J connectivity index is 2.23. The Morgan fingerprint density at radius 2 is 2.14 bits per heavy atom. The molecule has 2 aromatic rings. The Morgan fingerprint density at radius 1 is 1.38 bits per heavy atom. The first-order chi connectivity index (χ1) is 10.0. The SMILES string of the molecule is CCCCNC(=O)c1nnn(-c2ccc(Br)c(C)c2)c1C. The van der Waals surface area contributed by atoms with Gasteiger partial charge in [0.2, 0.25) is 0 Å². The van der Waals surface area contributed by atoms with E-state index in [9.17, 15) is 4.79 Å². The highest BCUT2D eigenvalue weighted by Gasteiger charge is 2.17. The van der Waals surface area contributed by atoms with Crippen LogP contribution in [0.1, 0.15) is 41.5 Å². The normalized spacial score (nSPS) is 10.7. The van der Waals surface area contributed by atoms with E-state index in [1.807, 2.05) is 32.0 Å². The van der Waals surface area contributed by atoms with Crippen LogP contribution in [0, 0.1) is 13.8 Å². The predicted octanol–water partition coefficient (Wildman–Crippen LogP) is 3.18. The second kappa shape index (κ2) is 6.85. The summed E-state index contributed by atoms with van der Waals surface area (Å²) in [6.07, 6.45) is 2.01.